The molecule has 0 aromatic rings. The first-order chi connectivity index (χ1) is 5.70. The molecular weight excluding hydrogens is 158 g/mol. The topological polar surface area (TPSA) is 49.8 Å². The van der Waals surface area contributed by atoms with Crippen LogP contribution in [-0.2, 0) is 9.53 Å². The molecule has 0 spiro atoms. The van der Waals surface area contributed by atoms with Crippen molar-refractivity contribution in [2.24, 2.45) is 0 Å². The number of nitrogens with zero attached hydrogens (tertiary/aromatic N) is 1. The molecule has 70 valence electrons. The summed E-state index contributed by atoms with van der Waals surface area (Å²) in [5.74, 6) is -0.728. The number of morpholine rings is 1. The molecule has 1 aliphatic heterocycles. The molecular formula is C8H15NO3. The van der Waals surface area contributed by atoms with E-state index in [1.54, 1.807) is 0 Å². The molecule has 1 rings (SSSR count). The first-order valence-electron chi connectivity index (χ1n) is 4.20. The minimum Gasteiger partial charge on any atom is -0.481 e. The van der Waals surface area contributed by atoms with E-state index in [1.165, 1.54) is 0 Å². The van der Waals surface area contributed by atoms with E-state index < -0.39 is 5.97 Å². The summed E-state index contributed by atoms with van der Waals surface area (Å²) in [4.78, 5) is 12.4. The van der Waals surface area contributed by atoms with Crippen LogP contribution < -0.4 is 0 Å². The molecule has 1 N–H and O–H groups in total. The molecule has 1 saturated heterocycles. The van der Waals surface area contributed by atoms with Crippen molar-refractivity contribution in [2.75, 3.05) is 26.8 Å². The maximum Gasteiger partial charge on any atom is 0.303 e. The van der Waals surface area contributed by atoms with Gasteiger partial charge in [-0.05, 0) is 13.5 Å². The predicted octanol–water partition coefficient (Wildman–Crippen LogP) is 0.182. The second-order valence-corrected chi connectivity index (χ2v) is 3.14. The SMILES string of the molecule is CN1CCOC[C@@H]1CCC(=O)O. The lowest BCUT2D eigenvalue weighted by molar-refractivity contribution is -0.137. The Morgan fingerprint density at radius 3 is 3.08 bits per heavy atom. The second kappa shape index (κ2) is 4.42. The number of likely N-dealkylation sites (N-methyl/N-ethyl adjacent to an activating group) is 1. The third kappa shape index (κ3) is 2.79. The molecule has 0 amide bonds. The zero-order valence-corrected chi connectivity index (χ0v) is 7.32. The van der Waals surface area contributed by atoms with E-state index in [0.29, 0.717) is 13.0 Å². The van der Waals surface area contributed by atoms with Crippen LogP contribution in [0.5, 0.6) is 0 Å². The third-order valence-electron chi connectivity index (χ3n) is 2.21. The number of carbonyl (C=O) groups is 1. The minimum absolute atomic E-state index is 0.234. The van der Waals surface area contributed by atoms with E-state index in [1.807, 2.05) is 7.05 Å². The summed E-state index contributed by atoms with van der Waals surface area (Å²) in [7, 11) is 2.01. The number of aliphatic carboxylic acids is 1. The fourth-order valence-corrected chi connectivity index (χ4v) is 1.33. The molecule has 0 saturated carbocycles. The van der Waals surface area contributed by atoms with Crippen molar-refractivity contribution < 1.29 is 14.6 Å². The summed E-state index contributed by atoms with van der Waals surface area (Å²) in [6, 6.07) is 0.287. The van der Waals surface area contributed by atoms with E-state index in [9.17, 15) is 4.79 Å². The Morgan fingerprint density at radius 1 is 1.75 bits per heavy atom. The molecule has 0 bridgehead atoms. The van der Waals surface area contributed by atoms with Gasteiger partial charge in [0.1, 0.15) is 0 Å². The summed E-state index contributed by atoms with van der Waals surface area (Å²) in [6.07, 6.45) is 0.921. The molecule has 12 heavy (non-hydrogen) atoms. The van der Waals surface area contributed by atoms with Crippen LogP contribution in [0.2, 0.25) is 0 Å². The molecule has 1 heterocycles. The lowest BCUT2D eigenvalue weighted by atomic mass is 10.1. The molecule has 0 aromatic carbocycles. The molecule has 0 aromatic heterocycles. The molecule has 1 aliphatic rings. The normalized spacial score (nSPS) is 25.6. The van der Waals surface area contributed by atoms with Crippen LogP contribution >= 0.6 is 0 Å². The Balaban J connectivity index is 2.24. The van der Waals surface area contributed by atoms with Crippen LogP contribution in [0.25, 0.3) is 0 Å². The Hall–Kier alpha value is -0.610. The van der Waals surface area contributed by atoms with E-state index in [2.05, 4.69) is 4.90 Å². The zero-order chi connectivity index (χ0) is 8.97. The largest absolute Gasteiger partial charge is 0.481 e. The molecule has 4 heteroatoms. The van der Waals surface area contributed by atoms with Crippen molar-refractivity contribution in [3.63, 3.8) is 0 Å². The van der Waals surface area contributed by atoms with Crippen molar-refractivity contribution >= 4 is 5.97 Å². The number of carboxylic acid groups (broad SMARTS) is 1. The lowest BCUT2D eigenvalue weighted by Gasteiger charge is -2.31. The van der Waals surface area contributed by atoms with Crippen LogP contribution in [0.1, 0.15) is 12.8 Å². The van der Waals surface area contributed by atoms with Gasteiger partial charge in [-0.2, -0.15) is 0 Å². The quantitative estimate of drug-likeness (QED) is 0.661. The molecule has 1 atom stereocenters. The van der Waals surface area contributed by atoms with Crippen molar-refractivity contribution in [1.29, 1.82) is 0 Å². The second-order valence-electron chi connectivity index (χ2n) is 3.14. The number of rotatable bonds is 3. The first-order valence-corrected chi connectivity index (χ1v) is 4.20. The maximum atomic E-state index is 10.3. The van der Waals surface area contributed by atoms with Gasteiger partial charge >= 0.3 is 5.97 Å². The molecule has 4 nitrogen and oxygen atoms in total. The average Bonchev–Trinajstić information content (AvgIpc) is 2.03. The van der Waals surface area contributed by atoms with Gasteiger partial charge in [0.25, 0.3) is 0 Å². The smallest absolute Gasteiger partial charge is 0.303 e. The van der Waals surface area contributed by atoms with Crippen molar-refractivity contribution in [2.45, 2.75) is 18.9 Å². The van der Waals surface area contributed by atoms with Gasteiger partial charge < -0.3 is 9.84 Å². The highest BCUT2D eigenvalue weighted by atomic mass is 16.5. The number of hydrogen-bond acceptors (Lipinski definition) is 3. The predicted molar refractivity (Wildman–Crippen MR) is 44.1 cm³/mol. The monoisotopic (exact) mass is 173 g/mol. The van der Waals surface area contributed by atoms with Gasteiger partial charge in [0, 0.05) is 19.0 Å². The van der Waals surface area contributed by atoms with Crippen molar-refractivity contribution in [1.82, 2.24) is 4.90 Å². The van der Waals surface area contributed by atoms with Crippen LogP contribution in [0.15, 0.2) is 0 Å². The Labute approximate surface area is 72.1 Å². The molecule has 1 fully saturated rings. The highest BCUT2D eigenvalue weighted by Crippen LogP contribution is 2.09. The number of hydrogen-bond donors (Lipinski definition) is 1. The van der Waals surface area contributed by atoms with Gasteiger partial charge in [-0.3, -0.25) is 9.69 Å². The highest BCUT2D eigenvalue weighted by molar-refractivity contribution is 5.66. The summed E-state index contributed by atoms with van der Waals surface area (Å²) in [6.45, 7) is 2.34. The van der Waals surface area contributed by atoms with Crippen LogP contribution in [0, 0.1) is 0 Å². The average molecular weight is 173 g/mol. The summed E-state index contributed by atoms with van der Waals surface area (Å²) < 4.78 is 5.25. The maximum absolute atomic E-state index is 10.3. The van der Waals surface area contributed by atoms with Gasteiger partial charge in [0.15, 0.2) is 0 Å². The molecule has 0 radical (unpaired) electrons. The Bertz CT molecular complexity index is 160. The third-order valence-corrected chi connectivity index (χ3v) is 2.21. The standard InChI is InChI=1S/C8H15NO3/c1-9-4-5-12-6-7(9)2-3-8(10)11/h7H,2-6H2,1H3,(H,10,11)/t7-/m0/s1. The Kier molecular flexibility index (Phi) is 3.49. The van der Waals surface area contributed by atoms with E-state index in [4.69, 9.17) is 9.84 Å². The number of ether oxygens (including phenoxy) is 1. The lowest BCUT2D eigenvalue weighted by Crippen LogP contribution is -2.42. The van der Waals surface area contributed by atoms with Gasteiger partial charge in [-0.15, -0.1) is 0 Å². The summed E-state index contributed by atoms with van der Waals surface area (Å²) in [5.41, 5.74) is 0. The van der Waals surface area contributed by atoms with Gasteiger partial charge in [0.2, 0.25) is 0 Å². The molecule has 0 aliphatic carbocycles. The van der Waals surface area contributed by atoms with Crippen LogP contribution in [0.3, 0.4) is 0 Å². The van der Waals surface area contributed by atoms with Crippen molar-refractivity contribution in [3.8, 4) is 0 Å². The van der Waals surface area contributed by atoms with E-state index in [0.717, 1.165) is 13.2 Å². The fourth-order valence-electron chi connectivity index (χ4n) is 1.33. The van der Waals surface area contributed by atoms with Crippen molar-refractivity contribution in [3.05, 3.63) is 0 Å². The van der Waals surface area contributed by atoms with E-state index in [-0.39, 0.29) is 12.5 Å². The summed E-state index contributed by atoms with van der Waals surface area (Å²) in [5, 5.41) is 8.47. The first kappa shape index (κ1) is 9.48. The summed E-state index contributed by atoms with van der Waals surface area (Å²) >= 11 is 0. The Morgan fingerprint density at radius 2 is 2.50 bits per heavy atom. The van der Waals surface area contributed by atoms with Gasteiger partial charge in [-0.25, -0.2) is 0 Å². The minimum atomic E-state index is -0.728. The van der Waals surface area contributed by atoms with Gasteiger partial charge in [0.05, 0.1) is 13.2 Å². The van der Waals surface area contributed by atoms with Crippen LogP contribution in [-0.4, -0.2) is 48.8 Å². The van der Waals surface area contributed by atoms with E-state index >= 15 is 0 Å². The van der Waals surface area contributed by atoms with Crippen LogP contribution in [0.4, 0.5) is 0 Å². The molecule has 0 unspecified atom stereocenters. The fraction of sp³-hybridized carbons (Fsp3) is 0.875. The van der Waals surface area contributed by atoms with Gasteiger partial charge in [-0.1, -0.05) is 0 Å². The number of carboxylic acids is 1. The zero-order valence-electron chi connectivity index (χ0n) is 7.32. The highest BCUT2D eigenvalue weighted by Gasteiger charge is 2.19.